The number of hydrogen-bond acceptors (Lipinski definition) is 0. The van der Waals surface area contributed by atoms with Gasteiger partial charge in [0.25, 0.3) is 0 Å². The highest BCUT2D eigenvalue weighted by Gasteiger charge is 2.32. The van der Waals surface area contributed by atoms with Crippen LogP contribution in [0, 0.1) is 24.5 Å². The van der Waals surface area contributed by atoms with Crippen molar-refractivity contribution in [3.63, 3.8) is 0 Å². The molecule has 0 saturated heterocycles. The Morgan fingerprint density at radius 2 is 1.72 bits per heavy atom. The lowest BCUT2D eigenvalue weighted by Gasteiger charge is -2.19. The number of fused-ring (bicyclic) bond motifs is 3. The van der Waals surface area contributed by atoms with Crippen LogP contribution in [-0.4, -0.2) is 7.85 Å². The van der Waals surface area contributed by atoms with E-state index in [2.05, 4.69) is 13.0 Å². The van der Waals surface area contributed by atoms with E-state index in [0.29, 0.717) is 23.1 Å². The Morgan fingerprint density at radius 1 is 1.04 bits per heavy atom. The van der Waals surface area contributed by atoms with Crippen LogP contribution in [0.25, 0.3) is 11.1 Å². The molecule has 0 spiro atoms. The Balaban J connectivity index is 1.74. The van der Waals surface area contributed by atoms with Gasteiger partial charge in [-0.25, -0.2) is 8.78 Å². The zero-order chi connectivity index (χ0) is 17.7. The molecule has 0 bridgehead atoms. The van der Waals surface area contributed by atoms with Crippen LogP contribution in [0.3, 0.4) is 0 Å². The van der Waals surface area contributed by atoms with Gasteiger partial charge in [0.15, 0.2) is 0 Å². The molecule has 0 heterocycles. The predicted molar refractivity (Wildman–Crippen MR) is 102 cm³/mol. The van der Waals surface area contributed by atoms with Gasteiger partial charge in [0.1, 0.15) is 19.5 Å². The molecule has 0 amide bonds. The minimum atomic E-state index is -0.231. The fourth-order valence-corrected chi connectivity index (χ4v) is 4.36. The van der Waals surface area contributed by atoms with Crippen LogP contribution in [0.4, 0.5) is 8.78 Å². The fraction of sp³-hybridized carbons (Fsp3) is 0.364. The van der Waals surface area contributed by atoms with Gasteiger partial charge >= 0.3 is 0 Å². The third kappa shape index (κ3) is 2.65. The van der Waals surface area contributed by atoms with Crippen molar-refractivity contribution in [1.82, 2.24) is 0 Å². The van der Waals surface area contributed by atoms with E-state index in [1.165, 1.54) is 12.0 Å². The average Bonchev–Trinajstić information content (AvgIpc) is 2.89. The third-order valence-electron chi connectivity index (χ3n) is 5.97. The van der Waals surface area contributed by atoms with Gasteiger partial charge in [0, 0.05) is 0 Å². The Bertz CT molecular complexity index is 882. The van der Waals surface area contributed by atoms with Crippen molar-refractivity contribution >= 4 is 7.85 Å². The summed E-state index contributed by atoms with van der Waals surface area (Å²) in [6, 6.07) is 7.60. The van der Waals surface area contributed by atoms with Crippen LogP contribution < -0.4 is 0 Å². The molecule has 3 heteroatoms. The monoisotopic (exact) mass is 336 g/mol. The van der Waals surface area contributed by atoms with E-state index < -0.39 is 0 Å². The standard InChI is InChI=1S/C22H23BF2/c1-12-3-6-14(7-4-12)11-15-8-10-17-16-9-5-13(2)21(24)18(16)20(23)19(17)22(15)25/h5-6,8-10,12,20H,3-4,7,11,23H2,1-2H3. The minimum Gasteiger partial charge on any atom is -0.206 e. The first-order chi connectivity index (χ1) is 12.0. The van der Waals surface area contributed by atoms with Crippen molar-refractivity contribution in [2.45, 2.75) is 45.3 Å². The van der Waals surface area contributed by atoms with E-state index in [-0.39, 0.29) is 17.5 Å². The number of allylic oxidation sites excluding steroid dienone is 2. The maximum atomic E-state index is 15.3. The van der Waals surface area contributed by atoms with E-state index in [0.717, 1.165) is 35.4 Å². The average molecular weight is 336 g/mol. The molecular weight excluding hydrogens is 313 g/mol. The van der Waals surface area contributed by atoms with Gasteiger partial charge in [-0.05, 0) is 77.7 Å². The maximum absolute atomic E-state index is 15.3. The molecule has 0 nitrogen and oxygen atoms in total. The van der Waals surface area contributed by atoms with Gasteiger partial charge in [-0.2, -0.15) is 0 Å². The Morgan fingerprint density at radius 3 is 2.40 bits per heavy atom. The van der Waals surface area contributed by atoms with Gasteiger partial charge in [-0.15, -0.1) is 0 Å². The molecule has 0 fully saturated rings. The molecule has 2 aliphatic rings. The highest BCUT2D eigenvalue weighted by atomic mass is 19.1. The second-order valence-corrected chi connectivity index (χ2v) is 7.80. The molecular formula is C22H23BF2. The van der Waals surface area contributed by atoms with Crippen molar-refractivity contribution in [2.75, 3.05) is 0 Å². The number of halogens is 2. The fourth-order valence-electron chi connectivity index (χ4n) is 4.36. The largest absolute Gasteiger partial charge is 0.206 e. The summed E-state index contributed by atoms with van der Waals surface area (Å²) >= 11 is 0. The number of hydrogen-bond donors (Lipinski definition) is 0. The van der Waals surface area contributed by atoms with Crippen LogP contribution in [0.1, 0.15) is 54.3 Å². The van der Waals surface area contributed by atoms with E-state index in [1.54, 1.807) is 13.0 Å². The molecule has 2 aliphatic carbocycles. The van der Waals surface area contributed by atoms with Gasteiger partial charge in [0.2, 0.25) is 0 Å². The first kappa shape index (κ1) is 16.6. The topological polar surface area (TPSA) is 0 Å². The van der Waals surface area contributed by atoms with Gasteiger partial charge in [-0.1, -0.05) is 42.8 Å². The highest BCUT2D eigenvalue weighted by molar-refractivity contribution is 6.17. The quantitative estimate of drug-likeness (QED) is 0.518. The minimum absolute atomic E-state index is 0.141. The van der Waals surface area contributed by atoms with Gasteiger partial charge in [0.05, 0.1) is 0 Å². The van der Waals surface area contributed by atoms with Crippen molar-refractivity contribution in [2.24, 2.45) is 5.92 Å². The van der Waals surface area contributed by atoms with E-state index in [4.69, 9.17) is 0 Å². The lowest BCUT2D eigenvalue weighted by atomic mass is 9.77. The number of aryl methyl sites for hydroxylation is 1. The molecule has 0 radical (unpaired) electrons. The first-order valence-electron chi connectivity index (χ1n) is 9.26. The van der Waals surface area contributed by atoms with Crippen LogP contribution in [0.2, 0.25) is 0 Å². The summed E-state index contributed by atoms with van der Waals surface area (Å²) in [5.41, 5.74) is 5.73. The van der Waals surface area contributed by atoms with E-state index in [1.807, 2.05) is 26.0 Å². The van der Waals surface area contributed by atoms with E-state index >= 15 is 4.39 Å². The molecule has 2 unspecified atom stereocenters. The molecule has 128 valence electrons. The lowest BCUT2D eigenvalue weighted by molar-refractivity contribution is 0.507. The Labute approximate surface area is 149 Å². The summed E-state index contributed by atoms with van der Waals surface area (Å²) < 4.78 is 29.9. The summed E-state index contributed by atoms with van der Waals surface area (Å²) in [5.74, 6) is 0.170. The van der Waals surface area contributed by atoms with Crippen molar-refractivity contribution < 1.29 is 8.78 Å². The highest BCUT2D eigenvalue weighted by Crippen LogP contribution is 2.47. The first-order valence-corrected chi connectivity index (χ1v) is 9.26. The Hall–Kier alpha value is -1.90. The predicted octanol–water partition coefficient (Wildman–Crippen LogP) is 5.27. The third-order valence-corrected chi connectivity index (χ3v) is 5.97. The van der Waals surface area contributed by atoms with Crippen LogP contribution >= 0.6 is 0 Å². The SMILES string of the molecule is BC1c2c(ccc(C)c2F)-c2ccc(CC3=CCC(C)CC3)c(F)c21. The normalized spacial score (nSPS) is 21.7. The zero-order valence-electron chi connectivity index (χ0n) is 15.1. The second-order valence-electron chi connectivity index (χ2n) is 7.80. The number of benzene rings is 2. The summed E-state index contributed by atoms with van der Waals surface area (Å²) in [6.07, 6.45) is 6.29. The van der Waals surface area contributed by atoms with Crippen molar-refractivity contribution in [1.29, 1.82) is 0 Å². The van der Waals surface area contributed by atoms with Crippen LogP contribution in [0.15, 0.2) is 35.9 Å². The van der Waals surface area contributed by atoms with E-state index in [9.17, 15) is 4.39 Å². The molecule has 0 saturated carbocycles. The molecule has 25 heavy (non-hydrogen) atoms. The van der Waals surface area contributed by atoms with Gasteiger partial charge in [-0.3, -0.25) is 0 Å². The summed E-state index contributed by atoms with van der Waals surface area (Å²) in [5, 5.41) is 0. The summed E-state index contributed by atoms with van der Waals surface area (Å²) in [6.45, 7) is 4.03. The molecule has 0 aromatic heterocycles. The molecule has 0 aliphatic heterocycles. The second kappa shape index (κ2) is 6.12. The molecule has 0 N–H and O–H groups in total. The van der Waals surface area contributed by atoms with Gasteiger partial charge < -0.3 is 0 Å². The van der Waals surface area contributed by atoms with Crippen LogP contribution in [0.5, 0.6) is 0 Å². The van der Waals surface area contributed by atoms with Crippen molar-refractivity contribution in [3.8, 4) is 11.1 Å². The zero-order valence-corrected chi connectivity index (χ0v) is 15.1. The summed E-state index contributed by atoms with van der Waals surface area (Å²) in [7, 11) is 1.92. The van der Waals surface area contributed by atoms with Crippen LogP contribution in [-0.2, 0) is 6.42 Å². The molecule has 2 atom stereocenters. The molecule has 2 aromatic carbocycles. The number of rotatable bonds is 2. The lowest BCUT2D eigenvalue weighted by Crippen LogP contribution is -2.07. The smallest absolute Gasteiger partial charge is 0.130 e. The Kier molecular flexibility index (Phi) is 4.06. The summed E-state index contributed by atoms with van der Waals surface area (Å²) in [4.78, 5) is 0. The molecule has 4 rings (SSSR count). The molecule has 2 aromatic rings. The van der Waals surface area contributed by atoms with Crippen molar-refractivity contribution in [3.05, 3.63) is 69.8 Å². The maximum Gasteiger partial charge on any atom is 0.130 e.